The molecule has 114 valence electrons. The maximum atomic E-state index is 10.1. The molecule has 5 nitrogen and oxygen atoms in total. The van der Waals surface area contributed by atoms with Crippen molar-refractivity contribution in [2.75, 3.05) is 0 Å². The summed E-state index contributed by atoms with van der Waals surface area (Å²) in [5, 5.41) is 20.2. The zero-order valence-corrected chi connectivity index (χ0v) is 12.9. The van der Waals surface area contributed by atoms with E-state index in [0.717, 1.165) is 11.3 Å². The Balaban J connectivity index is 2.17. The highest BCUT2D eigenvalue weighted by molar-refractivity contribution is 6.29. The van der Waals surface area contributed by atoms with Crippen LogP contribution in [-0.2, 0) is 0 Å². The van der Waals surface area contributed by atoms with Crippen molar-refractivity contribution in [3.05, 3.63) is 40.8 Å². The molecule has 21 heavy (non-hydrogen) atoms. The van der Waals surface area contributed by atoms with Gasteiger partial charge < -0.3 is 19.6 Å². The molecule has 0 saturated carbocycles. The number of aromatic amines is 1. The van der Waals surface area contributed by atoms with E-state index < -0.39 is 12.2 Å². The van der Waals surface area contributed by atoms with Crippen molar-refractivity contribution < 1.29 is 14.6 Å². The summed E-state index contributed by atoms with van der Waals surface area (Å²) in [6.45, 7) is 5.25. The van der Waals surface area contributed by atoms with Gasteiger partial charge in [0.05, 0.1) is 6.10 Å². The van der Waals surface area contributed by atoms with E-state index in [-0.39, 0.29) is 5.92 Å². The number of hydrogen-bond donors (Lipinski definition) is 3. The third kappa shape index (κ3) is 3.75. The van der Waals surface area contributed by atoms with Crippen LogP contribution in [0.1, 0.15) is 44.2 Å². The molecule has 0 radical (unpaired) electrons. The average Bonchev–Trinajstić information content (AvgIpc) is 3.06. The monoisotopic (exact) mass is 310 g/mol. The normalized spacial score (nSPS) is 16.8. The van der Waals surface area contributed by atoms with E-state index in [1.54, 1.807) is 19.9 Å². The first-order chi connectivity index (χ1) is 9.88. The Morgan fingerprint density at radius 3 is 2.67 bits per heavy atom. The summed E-state index contributed by atoms with van der Waals surface area (Å²) >= 11 is 5.82. The van der Waals surface area contributed by atoms with Crippen LogP contribution in [0.3, 0.4) is 0 Å². The van der Waals surface area contributed by atoms with Crippen LogP contribution in [0.4, 0.5) is 0 Å². The first kappa shape index (κ1) is 15.8. The van der Waals surface area contributed by atoms with Crippen molar-refractivity contribution in [1.82, 2.24) is 9.97 Å². The number of nitrogens with zero attached hydrogens (tertiary/aromatic N) is 1. The molecule has 0 aliphatic carbocycles. The van der Waals surface area contributed by atoms with E-state index in [2.05, 4.69) is 9.97 Å². The first-order valence-corrected chi connectivity index (χ1v) is 7.11. The lowest BCUT2D eigenvalue weighted by Crippen LogP contribution is -2.21. The number of allylic oxidation sites excluding steroid dienone is 1. The van der Waals surface area contributed by atoms with Crippen molar-refractivity contribution in [2.45, 2.75) is 33.0 Å². The summed E-state index contributed by atoms with van der Waals surface area (Å²) < 4.78 is 5.39. The summed E-state index contributed by atoms with van der Waals surface area (Å²) in [4.78, 5) is 7.25. The maximum absolute atomic E-state index is 10.1. The maximum Gasteiger partial charge on any atom is 0.221 e. The fourth-order valence-corrected chi connectivity index (χ4v) is 2.07. The van der Waals surface area contributed by atoms with Crippen LogP contribution in [-0.4, -0.2) is 26.3 Å². The van der Waals surface area contributed by atoms with Crippen molar-refractivity contribution >= 4 is 23.3 Å². The number of aliphatic hydroxyl groups is 2. The molecular formula is C15H19ClN2O3. The van der Waals surface area contributed by atoms with Gasteiger partial charge in [-0.2, -0.15) is 0 Å². The Morgan fingerprint density at radius 2 is 2.10 bits per heavy atom. The second kappa shape index (κ2) is 6.47. The molecule has 0 aliphatic rings. The molecule has 3 N–H and O–H groups in total. The second-order valence-corrected chi connectivity index (χ2v) is 5.62. The van der Waals surface area contributed by atoms with E-state index >= 15 is 0 Å². The standard InChI is InChI=1S/C15H19ClN2O3/c1-8(6-11-4-5-13(16)17-11)15-18-12(7-21-15)14(20)9(2)10(3)19/h4-7,9-10,14,17,19-20H,1-3H3/b8-6-/t9-,10-,14-/m0/s1. The van der Waals surface area contributed by atoms with Gasteiger partial charge in [0.2, 0.25) is 5.89 Å². The highest BCUT2D eigenvalue weighted by Crippen LogP contribution is 2.26. The van der Waals surface area contributed by atoms with E-state index in [4.69, 9.17) is 16.0 Å². The third-order valence-corrected chi connectivity index (χ3v) is 3.69. The quantitative estimate of drug-likeness (QED) is 0.791. The molecule has 0 bridgehead atoms. The van der Waals surface area contributed by atoms with Gasteiger partial charge >= 0.3 is 0 Å². The molecule has 2 aromatic rings. The molecule has 0 aromatic carbocycles. The van der Waals surface area contributed by atoms with Crippen molar-refractivity contribution in [3.8, 4) is 0 Å². The Kier molecular flexibility index (Phi) is 4.88. The number of aliphatic hydroxyl groups excluding tert-OH is 2. The highest BCUT2D eigenvalue weighted by atomic mass is 35.5. The fourth-order valence-electron chi connectivity index (χ4n) is 1.90. The largest absolute Gasteiger partial charge is 0.444 e. The van der Waals surface area contributed by atoms with Gasteiger partial charge in [0, 0.05) is 17.2 Å². The zero-order valence-electron chi connectivity index (χ0n) is 12.2. The van der Waals surface area contributed by atoms with Gasteiger partial charge in [0.1, 0.15) is 23.2 Å². The minimum Gasteiger partial charge on any atom is -0.444 e. The molecule has 0 aliphatic heterocycles. The highest BCUT2D eigenvalue weighted by Gasteiger charge is 2.24. The molecule has 6 heteroatoms. The fraction of sp³-hybridized carbons (Fsp3) is 0.400. The molecule has 0 fully saturated rings. The number of nitrogens with one attached hydrogen (secondary N) is 1. The van der Waals surface area contributed by atoms with Crippen LogP contribution >= 0.6 is 11.6 Å². The Bertz CT molecular complexity index is 630. The predicted octanol–water partition coefficient (Wildman–Crippen LogP) is 3.27. The lowest BCUT2D eigenvalue weighted by molar-refractivity contribution is 0.0283. The topological polar surface area (TPSA) is 82.3 Å². The Morgan fingerprint density at radius 1 is 1.38 bits per heavy atom. The van der Waals surface area contributed by atoms with E-state index in [9.17, 15) is 10.2 Å². The van der Waals surface area contributed by atoms with Gasteiger partial charge in [-0.25, -0.2) is 4.98 Å². The molecule has 3 atom stereocenters. The molecule has 0 saturated heterocycles. The lowest BCUT2D eigenvalue weighted by atomic mass is 9.97. The van der Waals surface area contributed by atoms with Gasteiger partial charge in [-0.15, -0.1) is 0 Å². The number of rotatable bonds is 5. The third-order valence-electron chi connectivity index (χ3n) is 3.47. The second-order valence-electron chi connectivity index (χ2n) is 5.21. The summed E-state index contributed by atoms with van der Waals surface area (Å²) in [5.41, 5.74) is 2.06. The molecule has 0 amide bonds. The minimum absolute atomic E-state index is 0.325. The van der Waals surface area contributed by atoms with Crippen LogP contribution in [0.5, 0.6) is 0 Å². The zero-order chi connectivity index (χ0) is 15.6. The number of halogens is 1. The number of aromatic nitrogens is 2. The van der Waals surface area contributed by atoms with Gasteiger partial charge in [0.25, 0.3) is 0 Å². The van der Waals surface area contributed by atoms with E-state index in [0.29, 0.717) is 16.7 Å². The number of oxazole rings is 1. The summed E-state index contributed by atoms with van der Waals surface area (Å²) in [5.74, 6) is 0.0991. The van der Waals surface area contributed by atoms with Gasteiger partial charge in [-0.1, -0.05) is 18.5 Å². The van der Waals surface area contributed by atoms with Crippen molar-refractivity contribution in [1.29, 1.82) is 0 Å². The van der Waals surface area contributed by atoms with E-state index in [1.807, 2.05) is 19.1 Å². The smallest absolute Gasteiger partial charge is 0.221 e. The Labute approximate surface area is 128 Å². The minimum atomic E-state index is -0.866. The lowest BCUT2D eigenvalue weighted by Gasteiger charge is -2.18. The van der Waals surface area contributed by atoms with Crippen molar-refractivity contribution in [3.63, 3.8) is 0 Å². The molecule has 2 heterocycles. The summed E-state index contributed by atoms with van der Waals surface area (Å²) in [6, 6.07) is 3.61. The van der Waals surface area contributed by atoms with Crippen molar-refractivity contribution in [2.24, 2.45) is 5.92 Å². The molecule has 0 unspecified atom stereocenters. The average molecular weight is 311 g/mol. The van der Waals surface area contributed by atoms with Gasteiger partial charge in [0.15, 0.2) is 0 Å². The molecular weight excluding hydrogens is 292 g/mol. The molecule has 2 aromatic heterocycles. The SMILES string of the molecule is C/C(=C/c1ccc(Cl)[nH]1)c1nc([C@@H](O)[C@@H](C)[C@H](C)O)co1. The first-order valence-electron chi connectivity index (χ1n) is 6.73. The Hall–Kier alpha value is -1.56. The molecule has 2 rings (SSSR count). The van der Waals surface area contributed by atoms with Crippen LogP contribution < -0.4 is 0 Å². The van der Waals surface area contributed by atoms with Crippen LogP contribution in [0.2, 0.25) is 5.15 Å². The predicted molar refractivity (Wildman–Crippen MR) is 81.7 cm³/mol. The van der Waals surface area contributed by atoms with E-state index in [1.165, 1.54) is 6.26 Å². The molecule has 0 spiro atoms. The van der Waals surface area contributed by atoms with Crippen LogP contribution in [0.15, 0.2) is 22.8 Å². The summed E-state index contributed by atoms with van der Waals surface area (Å²) in [7, 11) is 0. The number of H-pyrrole nitrogens is 1. The van der Waals surface area contributed by atoms with Crippen LogP contribution in [0, 0.1) is 5.92 Å². The number of hydrogen-bond acceptors (Lipinski definition) is 4. The summed E-state index contributed by atoms with van der Waals surface area (Å²) in [6.07, 6.45) is 1.78. The van der Waals surface area contributed by atoms with Gasteiger partial charge in [-0.05, 0) is 32.1 Å². The van der Waals surface area contributed by atoms with Gasteiger partial charge in [-0.3, -0.25) is 0 Å². The van der Waals surface area contributed by atoms with Crippen LogP contribution in [0.25, 0.3) is 11.6 Å².